The number of aliphatic hydroxyl groups is 1. The molecule has 2 nitrogen and oxygen atoms in total. The van der Waals surface area contributed by atoms with Crippen LogP contribution in [-0.4, -0.2) is 11.2 Å². The van der Waals surface area contributed by atoms with Crippen molar-refractivity contribution in [3.8, 4) is 5.75 Å². The molecule has 2 rings (SSSR count). The van der Waals surface area contributed by atoms with Crippen LogP contribution in [0.4, 0.5) is 0 Å². The van der Waals surface area contributed by atoms with E-state index in [1.165, 1.54) is 19.3 Å². The number of hydrogen-bond acceptors (Lipinski definition) is 2. The quantitative estimate of drug-likeness (QED) is 0.889. The summed E-state index contributed by atoms with van der Waals surface area (Å²) in [6.07, 6.45) is 5.10. The van der Waals surface area contributed by atoms with Crippen molar-refractivity contribution in [2.45, 2.75) is 45.3 Å². The Hall–Kier alpha value is -0.730. The Morgan fingerprint density at radius 1 is 1.35 bits per heavy atom. The molecule has 2 unspecified atom stereocenters. The van der Waals surface area contributed by atoms with Gasteiger partial charge in [0, 0.05) is 10.6 Å². The molecule has 0 bridgehead atoms. The van der Waals surface area contributed by atoms with Crippen LogP contribution in [0.2, 0.25) is 5.02 Å². The van der Waals surface area contributed by atoms with Gasteiger partial charge in [-0.1, -0.05) is 31.0 Å². The first-order valence-electron chi connectivity index (χ1n) is 6.27. The summed E-state index contributed by atoms with van der Waals surface area (Å²) < 4.78 is 6.03. The Kier molecular flexibility index (Phi) is 4.30. The molecule has 1 aliphatic rings. The molecule has 0 spiro atoms. The molecule has 1 fully saturated rings. The summed E-state index contributed by atoms with van der Waals surface area (Å²) in [6.45, 7) is 2.16. The second kappa shape index (κ2) is 5.74. The fraction of sp³-hybridized carbons (Fsp3) is 0.571. The van der Waals surface area contributed by atoms with Gasteiger partial charge < -0.3 is 9.84 Å². The van der Waals surface area contributed by atoms with Crippen LogP contribution in [0.3, 0.4) is 0 Å². The van der Waals surface area contributed by atoms with Gasteiger partial charge in [-0.05, 0) is 37.3 Å². The lowest BCUT2D eigenvalue weighted by atomic mass is 9.88. The van der Waals surface area contributed by atoms with E-state index in [2.05, 4.69) is 6.92 Å². The number of benzene rings is 1. The SMILES string of the molecule is CC1CCCCC1Oc1cccc(Cl)c1CO. The maximum Gasteiger partial charge on any atom is 0.126 e. The van der Waals surface area contributed by atoms with E-state index in [9.17, 15) is 5.11 Å². The predicted octanol–water partition coefficient (Wildman–Crippen LogP) is 3.79. The zero-order valence-corrected chi connectivity index (χ0v) is 10.9. The third-order valence-electron chi connectivity index (χ3n) is 3.55. The number of aliphatic hydroxyl groups excluding tert-OH is 1. The monoisotopic (exact) mass is 254 g/mol. The third kappa shape index (κ3) is 2.93. The minimum atomic E-state index is -0.0733. The average Bonchev–Trinajstić information content (AvgIpc) is 2.32. The van der Waals surface area contributed by atoms with Crippen molar-refractivity contribution < 1.29 is 9.84 Å². The molecule has 0 heterocycles. The van der Waals surface area contributed by atoms with Gasteiger partial charge in [0.05, 0.1) is 6.61 Å². The van der Waals surface area contributed by atoms with Crippen LogP contribution >= 0.6 is 11.6 Å². The van der Waals surface area contributed by atoms with Crippen LogP contribution in [0.1, 0.15) is 38.2 Å². The van der Waals surface area contributed by atoms with E-state index in [1.807, 2.05) is 12.1 Å². The van der Waals surface area contributed by atoms with Gasteiger partial charge >= 0.3 is 0 Å². The smallest absolute Gasteiger partial charge is 0.126 e. The van der Waals surface area contributed by atoms with Crippen molar-refractivity contribution >= 4 is 11.6 Å². The van der Waals surface area contributed by atoms with Gasteiger partial charge in [-0.3, -0.25) is 0 Å². The Morgan fingerprint density at radius 2 is 2.12 bits per heavy atom. The van der Waals surface area contributed by atoms with E-state index in [1.54, 1.807) is 6.07 Å². The Morgan fingerprint density at radius 3 is 2.82 bits per heavy atom. The summed E-state index contributed by atoms with van der Waals surface area (Å²) in [6, 6.07) is 5.54. The van der Waals surface area contributed by atoms with Crippen LogP contribution in [0, 0.1) is 5.92 Å². The van der Waals surface area contributed by atoms with Crippen LogP contribution < -0.4 is 4.74 Å². The summed E-state index contributed by atoms with van der Waals surface area (Å²) in [5.74, 6) is 1.31. The molecule has 0 aliphatic heterocycles. The summed E-state index contributed by atoms with van der Waals surface area (Å²) in [7, 11) is 0. The number of ether oxygens (including phenoxy) is 1. The highest BCUT2D eigenvalue weighted by Gasteiger charge is 2.23. The summed E-state index contributed by atoms with van der Waals surface area (Å²) in [5, 5.41) is 9.91. The van der Waals surface area contributed by atoms with Gasteiger partial charge in [-0.2, -0.15) is 0 Å². The fourth-order valence-electron chi connectivity index (χ4n) is 2.42. The third-order valence-corrected chi connectivity index (χ3v) is 3.90. The van der Waals surface area contributed by atoms with E-state index < -0.39 is 0 Å². The first kappa shape index (κ1) is 12.7. The molecular weight excluding hydrogens is 236 g/mol. The molecule has 1 saturated carbocycles. The second-order valence-corrected chi connectivity index (χ2v) is 5.20. The lowest BCUT2D eigenvalue weighted by molar-refractivity contribution is 0.0995. The highest BCUT2D eigenvalue weighted by atomic mass is 35.5. The van der Waals surface area contributed by atoms with E-state index in [0.717, 1.165) is 12.2 Å². The van der Waals surface area contributed by atoms with E-state index in [0.29, 0.717) is 16.5 Å². The Bertz CT molecular complexity index is 378. The van der Waals surface area contributed by atoms with Gasteiger partial charge in [-0.15, -0.1) is 0 Å². The molecule has 17 heavy (non-hydrogen) atoms. The molecule has 0 saturated heterocycles. The van der Waals surface area contributed by atoms with Crippen LogP contribution in [0.25, 0.3) is 0 Å². The van der Waals surface area contributed by atoms with Crippen LogP contribution in [-0.2, 0) is 6.61 Å². The van der Waals surface area contributed by atoms with Crippen molar-refractivity contribution in [1.82, 2.24) is 0 Å². The van der Waals surface area contributed by atoms with Gasteiger partial charge in [0.2, 0.25) is 0 Å². The normalized spacial score (nSPS) is 24.6. The van der Waals surface area contributed by atoms with Crippen molar-refractivity contribution in [1.29, 1.82) is 0 Å². The van der Waals surface area contributed by atoms with E-state index in [4.69, 9.17) is 16.3 Å². The van der Waals surface area contributed by atoms with Crippen LogP contribution in [0.15, 0.2) is 18.2 Å². The molecule has 0 aromatic heterocycles. The maximum absolute atomic E-state index is 9.33. The van der Waals surface area contributed by atoms with Crippen LogP contribution in [0.5, 0.6) is 5.75 Å². The van der Waals surface area contributed by atoms with Gasteiger partial charge in [0.25, 0.3) is 0 Å². The second-order valence-electron chi connectivity index (χ2n) is 4.79. The molecule has 1 N–H and O–H groups in total. The first-order valence-corrected chi connectivity index (χ1v) is 6.65. The van der Waals surface area contributed by atoms with Gasteiger partial charge in [-0.25, -0.2) is 0 Å². The maximum atomic E-state index is 9.33. The summed E-state index contributed by atoms with van der Waals surface area (Å²) >= 11 is 6.04. The van der Waals surface area contributed by atoms with E-state index in [-0.39, 0.29) is 12.7 Å². The highest BCUT2D eigenvalue weighted by Crippen LogP contribution is 2.32. The highest BCUT2D eigenvalue weighted by molar-refractivity contribution is 6.31. The zero-order chi connectivity index (χ0) is 12.3. The predicted molar refractivity (Wildman–Crippen MR) is 69.4 cm³/mol. The topological polar surface area (TPSA) is 29.5 Å². The minimum Gasteiger partial charge on any atom is -0.490 e. The zero-order valence-electron chi connectivity index (χ0n) is 10.2. The van der Waals surface area contributed by atoms with Crippen molar-refractivity contribution in [3.63, 3.8) is 0 Å². The van der Waals surface area contributed by atoms with Gasteiger partial charge in [0.15, 0.2) is 0 Å². The summed E-state index contributed by atoms with van der Waals surface area (Å²) in [4.78, 5) is 0. The molecule has 0 radical (unpaired) electrons. The molecule has 1 aliphatic carbocycles. The van der Waals surface area contributed by atoms with E-state index >= 15 is 0 Å². The number of halogens is 1. The lowest BCUT2D eigenvalue weighted by Crippen LogP contribution is -2.28. The first-order chi connectivity index (χ1) is 8.22. The molecule has 2 atom stereocenters. The fourth-order valence-corrected chi connectivity index (χ4v) is 2.65. The molecule has 3 heteroatoms. The molecule has 0 amide bonds. The number of rotatable bonds is 3. The molecule has 1 aromatic carbocycles. The molecule has 94 valence electrons. The van der Waals surface area contributed by atoms with Gasteiger partial charge in [0.1, 0.15) is 11.9 Å². The van der Waals surface area contributed by atoms with Crippen molar-refractivity contribution in [3.05, 3.63) is 28.8 Å². The average molecular weight is 255 g/mol. The summed E-state index contributed by atoms with van der Waals surface area (Å²) in [5.41, 5.74) is 0.701. The molecular formula is C14H19ClO2. The van der Waals surface area contributed by atoms with Crippen molar-refractivity contribution in [2.24, 2.45) is 5.92 Å². The Balaban J connectivity index is 2.14. The largest absolute Gasteiger partial charge is 0.490 e. The number of hydrogen-bond donors (Lipinski definition) is 1. The Labute approximate surface area is 108 Å². The standard InChI is InChI=1S/C14H19ClO2/c1-10-5-2-3-7-13(10)17-14-8-4-6-12(15)11(14)9-16/h4,6,8,10,13,16H,2-3,5,7,9H2,1H3. The van der Waals surface area contributed by atoms with Crippen molar-refractivity contribution in [2.75, 3.05) is 0 Å². The minimum absolute atomic E-state index is 0.0733. The lowest BCUT2D eigenvalue weighted by Gasteiger charge is -2.30. The molecule has 1 aromatic rings.